The van der Waals surface area contributed by atoms with E-state index in [9.17, 15) is 18.7 Å². The number of carbonyl (C=O) groups excluding carboxylic acids is 1. The summed E-state index contributed by atoms with van der Waals surface area (Å²) in [5.74, 6) is -0.857. The molecule has 146 valence electrons. The fraction of sp³-hybridized carbons (Fsp3) is 0.263. The van der Waals surface area contributed by atoms with E-state index >= 15 is 0 Å². The molecule has 1 aromatic carbocycles. The van der Waals surface area contributed by atoms with E-state index in [1.165, 1.54) is 0 Å². The molecule has 0 saturated carbocycles. The summed E-state index contributed by atoms with van der Waals surface area (Å²) in [5, 5.41) is 14.3. The van der Waals surface area contributed by atoms with Crippen LogP contribution in [0, 0.1) is 0 Å². The SMILES string of the molecule is CCOC(=O)c1nn(C2=CN(C)C(O)C=C2)c2c1C[S+](=O)(O)c1ccccc1-2. The Hall–Kier alpha value is -2.75. The standard InChI is InChI=1S/C19H19N3O5S/c1-3-27-19(24)17-14-11-28(25,26)15-7-5-4-6-13(15)18(14)22(20-17)12-8-9-16(23)21(2)10-12/h4-10,16,23H,3,11H2,1-2H3/p+1. The van der Waals surface area contributed by atoms with Crippen LogP contribution in [0.15, 0.2) is 47.5 Å². The van der Waals surface area contributed by atoms with Crippen LogP contribution in [-0.4, -0.2) is 50.2 Å². The van der Waals surface area contributed by atoms with Crippen LogP contribution in [0.25, 0.3) is 17.0 Å². The van der Waals surface area contributed by atoms with Gasteiger partial charge in [0.1, 0.15) is 6.23 Å². The van der Waals surface area contributed by atoms with Crippen molar-refractivity contribution in [3.05, 3.63) is 53.9 Å². The molecule has 0 saturated heterocycles. The molecule has 0 radical (unpaired) electrons. The van der Waals surface area contributed by atoms with Crippen LogP contribution in [0.2, 0.25) is 0 Å². The number of aromatic nitrogens is 2. The summed E-state index contributed by atoms with van der Waals surface area (Å²) < 4.78 is 30.2. The highest BCUT2D eigenvalue weighted by Gasteiger charge is 2.44. The van der Waals surface area contributed by atoms with Crippen molar-refractivity contribution in [2.45, 2.75) is 23.8 Å². The predicted molar refractivity (Wildman–Crippen MR) is 103 cm³/mol. The van der Waals surface area contributed by atoms with Crippen molar-refractivity contribution in [1.29, 1.82) is 0 Å². The highest BCUT2D eigenvalue weighted by molar-refractivity contribution is 7.97. The van der Waals surface area contributed by atoms with Gasteiger partial charge >= 0.3 is 5.97 Å². The zero-order valence-electron chi connectivity index (χ0n) is 15.4. The van der Waals surface area contributed by atoms with Gasteiger partial charge < -0.3 is 14.7 Å². The first-order chi connectivity index (χ1) is 13.3. The third-order valence-corrected chi connectivity index (χ3v) is 6.44. The lowest BCUT2D eigenvalue weighted by molar-refractivity contribution is 0.0518. The summed E-state index contributed by atoms with van der Waals surface area (Å²) >= 11 is 0. The van der Waals surface area contributed by atoms with Crippen molar-refractivity contribution in [1.82, 2.24) is 14.7 Å². The number of benzene rings is 1. The maximum Gasteiger partial charge on any atom is 0.359 e. The molecule has 0 amide bonds. The van der Waals surface area contributed by atoms with E-state index in [0.29, 0.717) is 27.4 Å². The third kappa shape index (κ3) is 2.88. The quantitative estimate of drug-likeness (QED) is 0.599. The van der Waals surface area contributed by atoms with E-state index in [-0.39, 0.29) is 18.1 Å². The molecule has 1 aromatic heterocycles. The lowest BCUT2D eigenvalue weighted by atomic mass is 10.1. The number of ether oxygens (including phenoxy) is 1. The van der Waals surface area contributed by atoms with Crippen LogP contribution in [0.1, 0.15) is 23.0 Å². The summed E-state index contributed by atoms with van der Waals surface area (Å²) in [5.41, 5.74) is 2.14. The van der Waals surface area contributed by atoms with E-state index in [2.05, 4.69) is 5.10 Å². The second-order valence-electron chi connectivity index (χ2n) is 6.58. The normalized spacial score (nSPS) is 23.1. The van der Waals surface area contributed by atoms with Crippen LogP contribution in [0.5, 0.6) is 0 Å². The van der Waals surface area contributed by atoms with Crippen molar-refractivity contribution < 1.29 is 23.4 Å². The summed E-state index contributed by atoms with van der Waals surface area (Å²) in [6.07, 6.45) is 4.22. The number of fused-ring (bicyclic) bond motifs is 3. The van der Waals surface area contributed by atoms with E-state index in [4.69, 9.17) is 4.74 Å². The van der Waals surface area contributed by atoms with Crippen molar-refractivity contribution >= 4 is 21.9 Å². The van der Waals surface area contributed by atoms with E-state index < -0.39 is 22.4 Å². The van der Waals surface area contributed by atoms with Crippen LogP contribution < -0.4 is 0 Å². The number of hydrogen-bond donors (Lipinski definition) is 2. The highest BCUT2D eigenvalue weighted by atomic mass is 32.3. The number of allylic oxidation sites excluding steroid dienone is 2. The molecule has 3 heterocycles. The largest absolute Gasteiger partial charge is 0.461 e. The number of carbonyl (C=O) groups is 1. The highest BCUT2D eigenvalue weighted by Crippen LogP contribution is 2.43. The van der Waals surface area contributed by atoms with Crippen LogP contribution in [0.3, 0.4) is 0 Å². The Morgan fingerprint density at radius 2 is 2.14 bits per heavy atom. The van der Waals surface area contributed by atoms with Gasteiger partial charge in [-0.05, 0) is 31.2 Å². The summed E-state index contributed by atoms with van der Waals surface area (Å²) in [7, 11) is -1.65. The van der Waals surface area contributed by atoms with Gasteiger partial charge in [-0.2, -0.15) is 9.65 Å². The van der Waals surface area contributed by atoms with Crippen LogP contribution >= 0.6 is 0 Å². The maximum absolute atomic E-state index is 12.9. The lowest BCUT2D eigenvalue weighted by Gasteiger charge is -2.25. The van der Waals surface area contributed by atoms with Gasteiger partial charge in [-0.25, -0.2) is 9.48 Å². The summed E-state index contributed by atoms with van der Waals surface area (Å²) in [4.78, 5) is 14.4. The van der Waals surface area contributed by atoms with Gasteiger partial charge in [0.05, 0.1) is 29.1 Å². The molecule has 8 nitrogen and oxygen atoms in total. The summed E-state index contributed by atoms with van der Waals surface area (Å²) in [6, 6.07) is 6.83. The molecule has 2 unspecified atom stereocenters. The lowest BCUT2D eigenvalue weighted by Crippen LogP contribution is -2.28. The Morgan fingerprint density at radius 1 is 1.39 bits per heavy atom. The van der Waals surface area contributed by atoms with E-state index in [0.717, 1.165) is 0 Å². The topological polar surface area (TPSA) is 105 Å². The van der Waals surface area contributed by atoms with Crippen molar-refractivity contribution in [3.8, 4) is 11.3 Å². The minimum absolute atomic E-state index is 0.0243. The van der Waals surface area contributed by atoms with Crippen molar-refractivity contribution in [2.24, 2.45) is 0 Å². The van der Waals surface area contributed by atoms with Crippen molar-refractivity contribution in [3.63, 3.8) is 0 Å². The van der Waals surface area contributed by atoms with Gasteiger partial charge in [-0.1, -0.05) is 16.3 Å². The minimum Gasteiger partial charge on any atom is -0.461 e. The number of esters is 1. The monoisotopic (exact) mass is 402 g/mol. The number of nitrogens with zero attached hydrogens (tertiary/aromatic N) is 3. The van der Waals surface area contributed by atoms with Gasteiger partial charge in [-0.15, -0.1) is 0 Å². The fourth-order valence-corrected chi connectivity index (χ4v) is 5.02. The third-order valence-electron chi connectivity index (χ3n) is 4.71. The van der Waals surface area contributed by atoms with E-state index in [1.54, 1.807) is 66.2 Å². The second kappa shape index (κ2) is 6.69. The smallest absolute Gasteiger partial charge is 0.359 e. The number of hydrogen-bond acceptors (Lipinski definition) is 6. The predicted octanol–water partition coefficient (Wildman–Crippen LogP) is 2.19. The zero-order chi connectivity index (χ0) is 20.1. The molecule has 2 aromatic rings. The number of likely N-dealkylation sites (N-methyl/N-ethyl adjacent to an activating group) is 1. The second-order valence-corrected chi connectivity index (χ2v) is 8.59. The Labute approximate surface area is 163 Å². The van der Waals surface area contributed by atoms with Gasteiger partial charge in [0.15, 0.2) is 16.3 Å². The molecule has 0 spiro atoms. The molecule has 28 heavy (non-hydrogen) atoms. The maximum atomic E-state index is 12.9. The van der Waals surface area contributed by atoms with Gasteiger partial charge in [0.25, 0.3) is 10.2 Å². The first kappa shape index (κ1) is 18.6. The Kier molecular flexibility index (Phi) is 4.45. The average Bonchev–Trinajstić information content (AvgIpc) is 3.03. The molecule has 2 aliphatic heterocycles. The van der Waals surface area contributed by atoms with Gasteiger partial charge in [0, 0.05) is 13.2 Å². The Bertz CT molecular complexity index is 1070. The molecule has 2 atom stereocenters. The van der Waals surface area contributed by atoms with Gasteiger partial charge in [-0.3, -0.25) is 0 Å². The first-order valence-electron chi connectivity index (χ1n) is 8.76. The molecular formula is C19H20N3O5S+. The van der Waals surface area contributed by atoms with Crippen LogP contribution in [-0.2, 0) is 24.9 Å². The molecule has 9 heteroatoms. The molecule has 0 fully saturated rings. The average molecular weight is 402 g/mol. The first-order valence-corrected chi connectivity index (χ1v) is 10.4. The Balaban J connectivity index is 1.98. The molecular weight excluding hydrogens is 382 g/mol. The Morgan fingerprint density at radius 3 is 2.86 bits per heavy atom. The molecule has 2 aliphatic rings. The van der Waals surface area contributed by atoms with Gasteiger partial charge in [0.2, 0.25) is 0 Å². The molecule has 4 rings (SSSR count). The summed E-state index contributed by atoms with van der Waals surface area (Å²) in [6.45, 7) is 1.86. The number of rotatable bonds is 3. The fourth-order valence-electron chi connectivity index (χ4n) is 3.40. The zero-order valence-corrected chi connectivity index (χ0v) is 16.2. The minimum atomic E-state index is -3.36. The molecule has 0 bridgehead atoms. The van der Waals surface area contributed by atoms with E-state index in [1.807, 2.05) is 0 Å². The molecule has 0 aliphatic carbocycles. The molecule has 2 N–H and O–H groups in total. The number of aliphatic hydroxyl groups is 1. The number of aliphatic hydroxyl groups excluding tert-OH is 1. The van der Waals surface area contributed by atoms with Crippen molar-refractivity contribution in [2.75, 3.05) is 13.7 Å². The van der Waals surface area contributed by atoms with Crippen LogP contribution in [0.4, 0.5) is 0 Å².